The van der Waals surface area contributed by atoms with E-state index in [9.17, 15) is 19.1 Å². The second-order valence-corrected chi connectivity index (χ2v) is 8.88. The van der Waals surface area contributed by atoms with Gasteiger partial charge in [-0.05, 0) is 81.1 Å². The van der Waals surface area contributed by atoms with Crippen LogP contribution in [0.4, 0.5) is 10.1 Å². The Hall–Kier alpha value is -4.59. The van der Waals surface area contributed by atoms with Gasteiger partial charge in [0.2, 0.25) is 0 Å². The zero-order valence-electron chi connectivity index (χ0n) is 20.2. The Labute approximate surface area is 207 Å². The molecule has 0 aliphatic carbocycles. The molecule has 2 aromatic carbocycles. The molecule has 36 heavy (non-hydrogen) atoms. The largest absolute Gasteiger partial charge is 0.858 e. The third-order valence-corrected chi connectivity index (χ3v) is 6.36. The maximum absolute atomic E-state index is 13.9. The standard InChI is InChI=1S/C28H23FN4O3/c1-16-6-5-7-22(14-16)32-26(34)24(25(28(32)36)31-13-12-17(2)18(3)15-31)23-19(4)30-33(27(23)35)21-10-8-20(29)9-11-21/h5-15H,1-4H3. The van der Waals surface area contributed by atoms with E-state index in [1.54, 1.807) is 42.1 Å². The molecule has 2 amide bonds. The quantitative estimate of drug-likeness (QED) is 0.329. The summed E-state index contributed by atoms with van der Waals surface area (Å²) in [6, 6.07) is 14.2. The number of hydrogen-bond donors (Lipinski definition) is 0. The van der Waals surface area contributed by atoms with E-state index in [4.69, 9.17) is 0 Å². The number of carbonyl (C=O) groups excluding carboxylic acids is 2. The number of aromatic nitrogens is 3. The molecule has 5 rings (SSSR count). The van der Waals surface area contributed by atoms with Gasteiger partial charge in [0, 0.05) is 17.2 Å². The SMILES string of the molecule is Cc1cccc(N2C(=O)C(c3c(C)nn(-c4ccc(F)cc4)c3[O-])=C([n+]3ccc(C)c(C)c3)C2=O)c1. The van der Waals surface area contributed by atoms with Crippen LogP contribution in [0, 0.1) is 33.5 Å². The lowest BCUT2D eigenvalue weighted by atomic mass is 10.0. The first-order valence-electron chi connectivity index (χ1n) is 11.4. The highest BCUT2D eigenvalue weighted by atomic mass is 19.1. The van der Waals surface area contributed by atoms with Gasteiger partial charge in [-0.2, -0.15) is 9.67 Å². The molecule has 2 aromatic heterocycles. The summed E-state index contributed by atoms with van der Waals surface area (Å²) in [4.78, 5) is 28.8. The fourth-order valence-electron chi connectivity index (χ4n) is 4.35. The topological polar surface area (TPSA) is 82.1 Å². The van der Waals surface area contributed by atoms with Crippen molar-refractivity contribution in [2.45, 2.75) is 27.7 Å². The minimum atomic E-state index is -0.606. The molecule has 1 aliphatic rings. The number of hydrogen-bond acceptors (Lipinski definition) is 4. The lowest BCUT2D eigenvalue weighted by Crippen LogP contribution is -2.40. The first-order chi connectivity index (χ1) is 17.2. The van der Waals surface area contributed by atoms with Crippen molar-refractivity contribution >= 4 is 28.8 Å². The Kier molecular flexibility index (Phi) is 5.51. The molecule has 0 spiro atoms. The average molecular weight is 483 g/mol. The second kappa shape index (κ2) is 8.57. The number of anilines is 1. The lowest BCUT2D eigenvalue weighted by Gasteiger charge is -2.16. The van der Waals surface area contributed by atoms with Gasteiger partial charge < -0.3 is 5.11 Å². The molecule has 1 aliphatic heterocycles. The van der Waals surface area contributed by atoms with E-state index in [2.05, 4.69) is 5.10 Å². The van der Waals surface area contributed by atoms with Crippen molar-refractivity contribution in [2.24, 2.45) is 0 Å². The number of nitrogens with zero attached hydrogens (tertiary/aromatic N) is 4. The van der Waals surface area contributed by atoms with Gasteiger partial charge in [-0.1, -0.05) is 12.1 Å². The van der Waals surface area contributed by atoms with Crippen LogP contribution >= 0.6 is 0 Å². The molecule has 0 saturated heterocycles. The molecular weight excluding hydrogens is 459 g/mol. The number of benzene rings is 2. The van der Waals surface area contributed by atoms with Crippen LogP contribution in [-0.4, -0.2) is 21.6 Å². The number of rotatable bonds is 4. The number of halogens is 1. The second-order valence-electron chi connectivity index (χ2n) is 8.88. The Morgan fingerprint density at radius 3 is 2.28 bits per heavy atom. The van der Waals surface area contributed by atoms with Crippen LogP contribution in [0.1, 0.15) is 27.9 Å². The molecule has 0 bridgehead atoms. The Morgan fingerprint density at radius 2 is 1.61 bits per heavy atom. The molecule has 3 heterocycles. The summed E-state index contributed by atoms with van der Waals surface area (Å²) in [6.07, 6.45) is 3.46. The van der Waals surface area contributed by atoms with Crippen LogP contribution in [0.5, 0.6) is 5.88 Å². The minimum Gasteiger partial charge on any atom is -0.858 e. The van der Waals surface area contributed by atoms with Crippen molar-refractivity contribution in [1.82, 2.24) is 9.78 Å². The van der Waals surface area contributed by atoms with E-state index in [0.29, 0.717) is 11.4 Å². The molecule has 0 radical (unpaired) electrons. The van der Waals surface area contributed by atoms with Gasteiger partial charge in [-0.25, -0.2) is 14.0 Å². The number of pyridine rings is 1. The third-order valence-electron chi connectivity index (χ3n) is 6.36. The number of aryl methyl sites for hydroxylation is 4. The van der Waals surface area contributed by atoms with Gasteiger partial charge in [0.15, 0.2) is 12.4 Å². The third kappa shape index (κ3) is 3.67. The highest BCUT2D eigenvalue weighted by Crippen LogP contribution is 2.38. The molecule has 4 aromatic rings. The predicted octanol–water partition coefficient (Wildman–Crippen LogP) is 3.55. The fraction of sp³-hybridized carbons (Fsp3) is 0.143. The van der Waals surface area contributed by atoms with Crippen molar-refractivity contribution in [3.8, 4) is 11.6 Å². The van der Waals surface area contributed by atoms with Crippen molar-refractivity contribution < 1.29 is 23.7 Å². The van der Waals surface area contributed by atoms with E-state index in [1.807, 2.05) is 32.9 Å². The minimum absolute atomic E-state index is 0.0226. The first kappa shape index (κ1) is 23.2. The summed E-state index contributed by atoms with van der Waals surface area (Å²) < 4.78 is 16.2. The monoisotopic (exact) mass is 482 g/mol. The van der Waals surface area contributed by atoms with Crippen LogP contribution in [0.25, 0.3) is 17.0 Å². The van der Waals surface area contributed by atoms with E-state index >= 15 is 0 Å². The van der Waals surface area contributed by atoms with Gasteiger partial charge in [0.05, 0.1) is 17.1 Å². The van der Waals surface area contributed by atoms with Crippen LogP contribution in [0.15, 0.2) is 67.0 Å². The van der Waals surface area contributed by atoms with Crippen LogP contribution in [0.3, 0.4) is 0 Å². The van der Waals surface area contributed by atoms with E-state index in [1.165, 1.54) is 24.3 Å². The van der Waals surface area contributed by atoms with E-state index in [0.717, 1.165) is 26.3 Å². The van der Waals surface area contributed by atoms with E-state index in [-0.39, 0.29) is 22.5 Å². The van der Waals surface area contributed by atoms with Crippen molar-refractivity contribution in [3.63, 3.8) is 0 Å². The zero-order valence-corrected chi connectivity index (χ0v) is 20.2. The Balaban J connectivity index is 1.76. The van der Waals surface area contributed by atoms with Crippen LogP contribution in [0.2, 0.25) is 0 Å². The molecular formula is C28H23FN4O3. The van der Waals surface area contributed by atoms with E-state index < -0.39 is 23.5 Å². The number of carbonyl (C=O) groups is 2. The molecule has 180 valence electrons. The normalized spacial score (nSPS) is 13.8. The lowest BCUT2D eigenvalue weighted by molar-refractivity contribution is -0.577. The van der Waals surface area contributed by atoms with Gasteiger partial charge in [-0.15, -0.1) is 0 Å². The highest BCUT2D eigenvalue weighted by Gasteiger charge is 2.47. The Bertz CT molecular complexity index is 1590. The predicted molar refractivity (Wildman–Crippen MR) is 131 cm³/mol. The van der Waals surface area contributed by atoms with Gasteiger partial charge in [0.1, 0.15) is 11.4 Å². The summed E-state index contributed by atoms with van der Waals surface area (Å²) in [7, 11) is 0. The van der Waals surface area contributed by atoms with Gasteiger partial charge >= 0.3 is 5.91 Å². The van der Waals surface area contributed by atoms with Crippen molar-refractivity contribution in [1.29, 1.82) is 0 Å². The summed E-state index contributed by atoms with van der Waals surface area (Å²) >= 11 is 0. The molecule has 0 fully saturated rings. The van der Waals surface area contributed by atoms with Crippen molar-refractivity contribution in [2.75, 3.05) is 4.90 Å². The number of amides is 2. The fourth-order valence-corrected chi connectivity index (χ4v) is 4.35. The van der Waals surface area contributed by atoms with Crippen molar-refractivity contribution in [3.05, 3.63) is 101 Å². The van der Waals surface area contributed by atoms with Gasteiger partial charge in [-0.3, -0.25) is 9.59 Å². The van der Waals surface area contributed by atoms with Gasteiger partial charge in [0.25, 0.3) is 11.6 Å². The molecule has 0 N–H and O–H groups in total. The maximum atomic E-state index is 13.9. The molecule has 7 nitrogen and oxygen atoms in total. The summed E-state index contributed by atoms with van der Waals surface area (Å²) in [5.41, 5.74) is 3.95. The first-order valence-corrected chi connectivity index (χ1v) is 11.4. The molecule has 0 unspecified atom stereocenters. The summed E-state index contributed by atoms with van der Waals surface area (Å²) in [5.74, 6) is -2.16. The smallest absolute Gasteiger partial charge is 0.331 e. The summed E-state index contributed by atoms with van der Waals surface area (Å²) in [6.45, 7) is 7.33. The molecule has 0 atom stereocenters. The molecule has 8 heteroatoms. The average Bonchev–Trinajstić information content (AvgIpc) is 3.27. The van der Waals surface area contributed by atoms with Crippen LogP contribution in [-0.2, 0) is 9.59 Å². The maximum Gasteiger partial charge on any atom is 0.331 e. The zero-order chi connectivity index (χ0) is 25.7. The van der Waals surface area contributed by atoms with Crippen LogP contribution < -0.4 is 14.6 Å². The summed E-state index contributed by atoms with van der Waals surface area (Å²) in [5, 5.41) is 17.9. The highest BCUT2D eigenvalue weighted by molar-refractivity contribution is 6.53. The Morgan fingerprint density at radius 1 is 0.889 bits per heavy atom. The number of imide groups is 1. The molecule has 0 saturated carbocycles.